The number of halogens is 4. The van der Waals surface area contributed by atoms with Gasteiger partial charge in [-0.2, -0.15) is 13.2 Å². The Morgan fingerprint density at radius 2 is 2.17 bits per heavy atom. The number of pyridine rings is 1. The van der Waals surface area contributed by atoms with Crippen molar-refractivity contribution in [2.24, 2.45) is 0 Å². The van der Waals surface area contributed by atoms with Gasteiger partial charge in [-0.1, -0.05) is 18.5 Å². The molecule has 0 fully saturated rings. The van der Waals surface area contributed by atoms with E-state index in [0.717, 1.165) is 43.2 Å². The number of hydrogen-bond acceptors (Lipinski definition) is 4. The van der Waals surface area contributed by atoms with Crippen LogP contribution in [0.4, 0.5) is 19.0 Å². The van der Waals surface area contributed by atoms with Crippen LogP contribution in [-0.4, -0.2) is 25.8 Å². The zero-order valence-corrected chi connectivity index (χ0v) is 13.1. The first-order valence-electron chi connectivity index (χ1n) is 7.28. The summed E-state index contributed by atoms with van der Waals surface area (Å²) in [5.74, 6) is 2.10. The van der Waals surface area contributed by atoms with Crippen molar-refractivity contribution in [2.75, 3.05) is 5.32 Å². The lowest BCUT2D eigenvalue weighted by Gasteiger charge is -2.26. The molecule has 0 saturated heterocycles. The lowest BCUT2D eigenvalue weighted by atomic mass is 10.1. The van der Waals surface area contributed by atoms with Crippen molar-refractivity contribution >= 4 is 17.4 Å². The van der Waals surface area contributed by atoms with Gasteiger partial charge in [-0.3, -0.25) is 0 Å². The topological polar surface area (TPSA) is 55.6 Å². The Balaban J connectivity index is 1.76. The SMILES string of the molecule is CCc1nnc2n1CC(Nc1ncc(C(F)(F)F)cc1Cl)CC2. The number of alkyl halides is 3. The van der Waals surface area contributed by atoms with E-state index in [1.54, 1.807) is 0 Å². The molecular weight excluding hydrogens is 331 g/mol. The molecule has 124 valence electrons. The van der Waals surface area contributed by atoms with Crippen LogP contribution in [0.1, 0.15) is 30.6 Å². The van der Waals surface area contributed by atoms with Crippen LogP contribution in [0.2, 0.25) is 5.02 Å². The molecule has 1 unspecified atom stereocenters. The maximum absolute atomic E-state index is 12.6. The number of aryl methyl sites for hydroxylation is 2. The third-order valence-electron chi connectivity index (χ3n) is 3.85. The molecule has 1 aliphatic rings. The van der Waals surface area contributed by atoms with E-state index in [1.807, 2.05) is 11.5 Å². The third-order valence-corrected chi connectivity index (χ3v) is 4.14. The first kappa shape index (κ1) is 16.0. The zero-order valence-electron chi connectivity index (χ0n) is 12.4. The Morgan fingerprint density at radius 1 is 1.39 bits per heavy atom. The number of anilines is 1. The number of nitrogens with one attached hydrogen (secondary N) is 1. The van der Waals surface area contributed by atoms with E-state index >= 15 is 0 Å². The van der Waals surface area contributed by atoms with Crippen molar-refractivity contribution in [3.8, 4) is 0 Å². The lowest BCUT2D eigenvalue weighted by molar-refractivity contribution is -0.137. The fraction of sp³-hybridized carbons (Fsp3) is 0.500. The average molecular weight is 346 g/mol. The number of nitrogens with zero attached hydrogens (tertiary/aromatic N) is 4. The molecule has 3 rings (SSSR count). The van der Waals surface area contributed by atoms with Gasteiger partial charge in [0.1, 0.15) is 17.5 Å². The number of hydrogen-bond donors (Lipinski definition) is 1. The maximum Gasteiger partial charge on any atom is 0.417 e. The molecule has 0 bridgehead atoms. The molecular formula is C14H15ClF3N5. The van der Waals surface area contributed by atoms with Crippen LogP contribution in [0.15, 0.2) is 12.3 Å². The molecule has 0 amide bonds. The van der Waals surface area contributed by atoms with Crippen LogP contribution in [0.3, 0.4) is 0 Å². The summed E-state index contributed by atoms with van der Waals surface area (Å²) in [6.07, 6.45) is -1.34. The normalized spacial score (nSPS) is 17.9. The minimum Gasteiger partial charge on any atom is -0.364 e. The fourth-order valence-corrected chi connectivity index (χ4v) is 2.88. The lowest BCUT2D eigenvalue weighted by Crippen LogP contribution is -2.32. The number of aromatic nitrogens is 4. The highest BCUT2D eigenvalue weighted by molar-refractivity contribution is 6.33. The second-order valence-corrected chi connectivity index (χ2v) is 5.84. The van der Waals surface area contributed by atoms with E-state index in [4.69, 9.17) is 11.6 Å². The predicted molar refractivity (Wildman–Crippen MR) is 79.4 cm³/mol. The monoisotopic (exact) mass is 345 g/mol. The van der Waals surface area contributed by atoms with Gasteiger partial charge in [-0.15, -0.1) is 10.2 Å². The molecule has 0 radical (unpaired) electrons. The largest absolute Gasteiger partial charge is 0.417 e. The van der Waals surface area contributed by atoms with Crippen LogP contribution >= 0.6 is 11.6 Å². The van der Waals surface area contributed by atoms with Crippen LogP contribution in [-0.2, 0) is 25.6 Å². The summed E-state index contributed by atoms with van der Waals surface area (Å²) in [5.41, 5.74) is -0.856. The molecule has 1 atom stereocenters. The van der Waals surface area contributed by atoms with Gasteiger partial charge in [0.2, 0.25) is 0 Å². The molecule has 0 saturated carbocycles. The Labute approximate surface area is 135 Å². The smallest absolute Gasteiger partial charge is 0.364 e. The van der Waals surface area contributed by atoms with E-state index in [0.29, 0.717) is 6.54 Å². The van der Waals surface area contributed by atoms with Gasteiger partial charge < -0.3 is 9.88 Å². The Bertz CT molecular complexity index is 699. The highest BCUT2D eigenvalue weighted by Crippen LogP contribution is 2.33. The van der Waals surface area contributed by atoms with Gasteiger partial charge in [0, 0.05) is 31.6 Å². The minimum atomic E-state index is -4.45. The van der Waals surface area contributed by atoms with Gasteiger partial charge in [-0.05, 0) is 12.5 Å². The predicted octanol–water partition coefficient (Wildman–Crippen LogP) is 3.33. The number of rotatable bonds is 3. The Kier molecular flexibility index (Phi) is 4.18. The van der Waals surface area contributed by atoms with Crippen molar-refractivity contribution in [2.45, 2.75) is 44.9 Å². The van der Waals surface area contributed by atoms with Crippen molar-refractivity contribution < 1.29 is 13.2 Å². The molecule has 5 nitrogen and oxygen atoms in total. The second-order valence-electron chi connectivity index (χ2n) is 5.43. The Morgan fingerprint density at radius 3 is 2.83 bits per heavy atom. The maximum atomic E-state index is 12.6. The molecule has 1 N–H and O–H groups in total. The first-order chi connectivity index (χ1) is 10.9. The first-order valence-corrected chi connectivity index (χ1v) is 7.66. The van der Waals surface area contributed by atoms with Crippen LogP contribution in [0.25, 0.3) is 0 Å². The Hall–Kier alpha value is -1.83. The zero-order chi connectivity index (χ0) is 16.6. The van der Waals surface area contributed by atoms with Crippen molar-refractivity contribution in [3.63, 3.8) is 0 Å². The molecule has 0 aliphatic carbocycles. The molecule has 1 aliphatic heterocycles. The summed E-state index contributed by atoms with van der Waals surface area (Å²) in [6, 6.07) is 0.909. The van der Waals surface area contributed by atoms with E-state index < -0.39 is 11.7 Å². The van der Waals surface area contributed by atoms with Gasteiger partial charge in [0.15, 0.2) is 0 Å². The van der Waals surface area contributed by atoms with E-state index in [1.165, 1.54) is 0 Å². The van der Waals surface area contributed by atoms with Crippen LogP contribution in [0.5, 0.6) is 0 Å². The van der Waals surface area contributed by atoms with Crippen molar-refractivity contribution in [1.82, 2.24) is 19.7 Å². The molecule has 3 heterocycles. The third kappa shape index (κ3) is 3.26. The molecule has 2 aromatic heterocycles. The number of fused-ring (bicyclic) bond motifs is 1. The fourth-order valence-electron chi connectivity index (χ4n) is 2.65. The van der Waals surface area contributed by atoms with E-state index in [-0.39, 0.29) is 16.9 Å². The van der Waals surface area contributed by atoms with Crippen molar-refractivity contribution in [3.05, 3.63) is 34.5 Å². The summed E-state index contributed by atoms with van der Waals surface area (Å²) >= 11 is 5.94. The van der Waals surface area contributed by atoms with Crippen LogP contribution in [0, 0.1) is 0 Å². The quantitative estimate of drug-likeness (QED) is 0.927. The molecule has 0 spiro atoms. The summed E-state index contributed by atoms with van der Waals surface area (Å²) in [7, 11) is 0. The second kappa shape index (κ2) is 5.99. The highest BCUT2D eigenvalue weighted by Gasteiger charge is 2.32. The van der Waals surface area contributed by atoms with Gasteiger partial charge in [0.25, 0.3) is 0 Å². The average Bonchev–Trinajstić information content (AvgIpc) is 2.90. The van der Waals surface area contributed by atoms with Crippen LogP contribution < -0.4 is 5.32 Å². The standard InChI is InChI=1S/C14H15ClF3N5/c1-2-11-21-22-12-4-3-9(7-23(11)12)20-13-10(15)5-8(6-19-13)14(16,17)18/h5-6,9H,2-4,7H2,1H3,(H,19,20). The molecule has 0 aromatic carbocycles. The molecule has 9 heteroatoms. The summed E-state index contributed by atoms with van der Waals surface area (Å²) in [6.45, 7) is 2.65. The molecule has 23 heavy (non-hydrogen) atoms. The van der Waals surface area contributed by atoms with E-state index in [9.17, 15) is 13.2 Å². The summed E-state index contributed by atoms with van der Waals surface area (Å²) in [4.78, 5) is 3.82. The van der Waals surface area contributed by atoms with E-state index in [2.05, 4.69) is 20.5 Å². The van der Waals surface area contributed by atoms with Gasteiger partial charge in [0.05, 0.1) is 10.6 Å². The highest BCUT2D eigenvalue weighted by atomic mass is 35.5. The van der Waals surface area contributed by atoms with Crippen molar-refractivity contribution in [1.29, 1.82) is 0 Å². The van der Waals surface area contributed by atoms with Gasteiger partial charge >= 0.3 is 6.18 Å². The van der Waals surface area contributed by atoms with Gasteiger partial charge in [-0.25, -0.2) is 4.98 Å². The molecule has 2 aromatic rings. The summed E-state index contributed by atoms with van der Waals surface area (Å²) < 4.78 is 39.9. The summed E-state index contributed by atoms with van der Waals surface area (Å²) in [5, 5.41) is 11.4. The minimum absolute atomic E-state index is 0.0190.